The van der Waals surface area contributed by atoms with E-state index in [0.29, 0.717) is 27.2 Å². The molecule has 0 saturated carbocycles. The van der Waals surface area contributed by atoms with Crippen molar-refractivity contribution in [2.75, 3.05) is 28.1 Å². The molecule has 1 heterocycles. The Morgan fingerprint density at radius 3 is 2.50 bits per heavy atom. The van der Waals surface area contributed by atoms with Gasteiger partial charge in [0, 0.05) is 30.1 Å². The highest BCUT2D eigenvalue weighted by atomic mass is 35.5. The van der Waals surface area contributed by atoms with Crippen molar-refractivity contribution >= 4 is 73.5 Å². The molecule has 193 valence electrons. The number of amides is 1. The Bertz CT molecular complexity index is 1360. The van der Waals surface area contributed by atoms with Crippen LogP contribution in [-0.2, 0) is 14.8 Å². The summed E-state index contributed by atoms with van der Waals surface area (Å²) in [5.41, 5.74) is 1.64. The number of carbonyl (C=O) groups is 1. The second-order valence-electron chi connectivity index (χ2n) is 8.57. The Kier molecular flexibility index (Phi) is 8.39. The normalized spacial score (nSPS) is 11.8. The molecule has 0 aliphatic rings. The van der Waals surface area contributed by atoms with E-state index in [2.05, 4.69) is 17.2 Å². The van der Waals surface area contributed by atoms with E-state index < -0.39 is 32.4 Å². The van der Waals surface area contributed by atoms with E-state index in [4.69, 9.17) is 27.9 Å². The average Bonchev–Trinajstić information content (AvgIpc) is 3.29. The molecule has 3 aromatic rings. The van der Waals surface area contributed by atoms with Crippen molar-refractivity contribution in [2.45, 2.75) is 31.3 Å². The van der Waals surface area contributed by atoms with Crippen LogP contribution in [0.2, 0.25) is 10.0 Å². The fraction of sp³-hybridized carbons (Fsp3) is 0.261. The van der Waals surface area contributed by atoms with E-state index in [9.17, 15) is 13.2 Å². The molecule has 1 aromatic heterocycles. The van der Waals surface area contributed by atoms with E-state index >= 15 is 4.39 Å². The van der Waals surface area contributed by atoms with Crippen LogP contribution in [0.3, 0.4) is 0 Å². The van der Waals surface area contributed by atoms with Gasteiger partial charge in [-0.25, -0.2) is 22.6 Å². The third-order valence-electron chi connectivity index (χ3n) is 4.70. The van der Waals surface area contributed by atoms with E-state index in [1.807, 2.05) is 4.90 Å². The van der Waals surface area contributed by atoms with Crippen molar-refractivity contribution in [3.8, 4) is 0 Å². The molecule has 0 aliphatic heterocycles. The molecule has 3 rings (SSSR count). The predicted octanol–water partition coefficient (Wildman–Crippen LogP) is 6.73. The molecule has 8 nitrogen and oxygen atoms in total. The van der Waals surface area contributed by atoms with Gasteiger partial charge in [-0.1, -0.05) is 23.2 Å². The molecule has 0 unspecified atom stereocenters. The fourth-order valence-corrected chi connectivity index (χ4v) is 5.41. The lowest BCUT2D eigenvalue weighted by atomic mass is 10.2. The molecule has 2 aromatic carbocycles. The largest absolute Gasteiger partial charge is 0.443 e. The molecular weight excluding hydrogens is 550 g/mol. The Morgan fingerprint density at radius 1 is 1.22 bits per heavy atom. The van der Waals surface area contributed by atoms with E-state index in [-0.39, 0.29) is 16.5 Å². The summed E-state index contributed by atoms with van der Waals surface area (Å²) in [6, 6.07) is 6.88. The Labute approximate surface area is 223 Å². The zero-order valence-electron chi connectivity index (χ0n) is 19.9. The zero-order valence-corrected chi connectivity index (χ0v) is 23.0. The molecule has 0 bridgehead atoms. The summed E-state index contributed by atoms with van der Waals surface area (Å²) in [6.07, 6.45) is -1.23. The maximum Gasteiger partial charge on any atom is 0.430 e. The van der Waals surface area contributed by atoms with Crippen LogP contribution in [-0.4, -0.2) is 38.7 Å². The van der Waals surface area contributed by atoms with Crippen LogP contribution < -0.4 is 14.5 Å². The van der Waals surface area contributed by atoms with Crippen molar-refractivity contribution in [1.29, 1.82) is 0 Å². The Hall–Kier alpha value is -2.60. The quantitative estimate of drug-likeness (QED) is 0.335. The molecule has 0 fully saturated rings. The average molecular weight is 575 g/mol. The minimum Gasteiger partial charge on any atom is -0.443 e. The van der Waals surface area contributed by atoms with Crippen molar-refractivity contribution in [1.82, 2.24) is 4.98 Å². The van der Waals surface area contributed by atoms with Crippen molar-refractivity contribution < 1.29 is 22.3 Å². The van der Waals surface area contributed by atoms with Gasteiger partial charge in [0.25, 0.3) is 10.0 Å². The smallest absolute Gasteiger partial charge is 0.430 e. The summed E-state index contributed by atoms with van der Waals surface area (Å²) in [5.74, 6) is -1.36. The van der Waals surface area contributed by atoms with Crippen LogP contribution in [0, 0.1) is 12.7 Å². The zero-order chi connectivity index (χ0) is 26.8. The van der Waals surface area contributed by atoms with Gasteiger partial charge in [-0.2, -0.15) is 0 Å². The molecule has 0 saturated heterocycles. The first-order valence-electron chi connectivity index (χ1n) is 10.5. The number of nitrogens with zero attached hydrogens (tertiary/aromatic N) is 3. The highest BCUT2D eigenvalue weighted by molar-refractivity contribution is 7.93. The first kappa shape index (κ1) is 28.0. The number of thiazole rings is 1. The summed E-state index contributed by atoms with van der Waals surface area (Å²) < 4.78 is 47.8. The van der Waals surface area contributed by atoms with Gasteiger partial charge in [-0.15, -0.1) is 15.6 Å². The predicted molar refractivity (Wildman–Crippen MR) is 143 cm³/mol. The third kappa shape index (κ3) is 6.20. The lowest BCUT2D eigenvalue weighted by molar-refractivity contribution is 0.0608. The Morgan fingerprint density at radius 2 is 1.92 bits per heavy atom. The van der Waals surface area contributed by atoms with Crippen LogP contribution in [0.4, 0.5) is 32.1 Å². The lowest BCUT2D eigenvalue weighted by Gasteiger charge is -2.26. The van der Waals surface area contributed by atoms with Gasteiger partial charge in [0.2, 0.25) is 0 Å². The van der Waals surface area contributed by atoms with Gasteiger partial charge in [0.1, 0.15) is 16.3 Å². The lowest BCUT2D eigenvalue weighted by Crippen LogP contribution is -2.41. The summed E-state index contributed by atoms with van der Waals surface area (Å²) in [7, 11) is -2.99. The topological polar surface area (TPSA) is 91.8 Å². The second kappa shape index (κ2) is 10.8. The van der Waals surface area contributed by atoms with E-state index in [0.717, 1.165) is 23.5 Å². The summed E-state index contributed by atoms with van der Waals surface area (Å²) in [5, 5.41) is 4.72. The van der Waals surface area contributed by atoms with Crippen LogP contribution in [0.25, 0.3) is 0 Å². The van der Waals surface area contributed by atoms with Gasteiger partial charge in [-0.05, 0) is 52.0 Å². The first-order chi connectivity index (χ1) is 16.7. The maximum absolute atomic E-state index is 15.3. The third-order valence-corrected chi connectivity index (χ3v) is 7.51. The van der Waals surface area contributed by atoms with E-state index in [1.165, 1.54) is 10.9 Å². The highest BCUT2D eigenvalue weighted by Gasteiger charge is 2.38. The number of carbonyl (C=O) groups excluding carboxylic acids is 1. The second-order valence-corrected chi connectivity index (χ2v) is 11.9. The fourth-order valence-electron chi connectivity index (χ4n) is 3.04. The van der Waals surface area contributed by atoms with E-state index in [1.54, 1.807) is 46.0 Å². The number of halogens is 3. The molecule has 13 heteroatoms. The van der Waals surface area contributed by atoms with Crippen LogP contribution in [0.15, 0.2) is 46.1 Å². The molecule has 36 heavy (non-hydrogen) atoms. The number of aromatic nitrogens is 1. The number of rotatable bonds is 7. The number of hydrogen-bond donors (Lipinski definition) is 1. The number of ether oxygens (including phenoxy) is 1. The number of hydrogen-bond acceptors (Lipinski definition) is 8. The molecule has 0 atom stereocenters. The standard InChI is InChI=1S/C23H24Cl2FN4O4S2/c1-6-29(5)19-9-14(24)7-8-17(19)28-18-11-16(26)20(10-15(18)25)36(32,33)30(21-12-35-13-27-21)22(31)34-23(2,3)4/h7-13,28H,1,6H2,2-5H3. The van der Waals surface area contributed by atoms with Crippen molar-refractivity contribution in [2.24, 2.45) is 0 Å². The maximum atomic E-state index is 15.3. The van der Waals surface area contributed by atoms with Gasteiger partial charge in [0.05, 0.1) is 27.6 Å². The SMILES string of the molecule is [CH2]CN(C)c1cc(Cl)ccc1Nc1cc(F)c(S(=O)(=O)N(C(=O)OC(C)(C)C)c2cscn2)cc1Cl. The van der Waals surface area contributed by atoms with Crippen LogP contribution in [0.5, 0.6) is 0 Å². The summed E-state index contributed by atoms with van der Waals surface area (Å²) in [4.78, 5) is 17.7. The minimum atomic E-state index is -4.79. The van der Waals surface area contributed by atoms with Gasteiger partial charge in [-0.3, -0.25) is 0 Å². The highest BCUT2D eigenvalue weighted by Crippen LogP contribution is 2.37. The monoisotopic (exact) mass is 573 g/mol. The molecule has 1 radical (unpaired) electrons. The number of benzene rings is 2. The molecule has 1 amide bonds. The molecular formula is C23H24Cl2FN4O4S2. The minimum absolute atomic E-state index is 0.101. The molecule has 1 N–H and O–H groups in total. The number of anilines is 4. The first-order valence-corrected chi connectivity index (χ1v) is 13.6. The van der Waals surface area contributed by atoms with Gasteiger partial charge in [0.15, 0.2) is 5.82 Å². The molecule has 0 spiro atoms. The number of sulfonamides is 1. The summed E-state index contributed by atoms with van der Waals surface area (Å²) in [6.45, 7) is 8.99. The van der Waals surface area contributed by atoms with Crippen LogP contribution in [0.1, 0.15) is 20.8 Å². The van der Waals surface area contributed by atoms with Crippen LogP contribution >= 0.6 is 34.5 Å². The summed E-state index contributed by atoms with van der Waals surface area (Å²) >= 11 is 13.5. The van der Waals surface area contributed by atoms with Crippen molar-refractivity contribution in [3.05, 3.63) is 64.0 Å². The van der Waals surface area contributed by atoms with Gasteiger partial charge < -0.3 is 15.0 Å². The number of nitrogens with one attached hydrogen (secondary N) is 1. The molecule has 0 aliphatic carbocycles. The Balaban J connectivity index is 2.05. The van der Waals surface area contributed by atoms with Crippen molar-refractivity contribution in [3.63, 3.8) is 0 Å². The van der Waals surface area contributed by atoms with Gasteiger partial charge >= 0.3 is 6.09 Å².